The highest BCUT2D eigenvalue weighted by molar-refractivity contribution is 5.74. The molecule has 2 rings (SSSR count). The first kappa shape index (κ1) is 12.8. The summed E-state index contributed by atoms with van der Waals surface area (Å²) in [4.78, 5) is 16.1. The van der Waals surface area contributed by atoms with Crippen LogP contribution in [0.25, 0.3) is 0 Å². The normalized spacial score (nSPS) is 28.1. The molecule has 2 aliphatic rings. The molecule has 0 radical (unpaired) electrons. The molecule has 0 aromatic heterocycles. The lowest BCUT2D eigenvalue weighted by atomic mass is 9.80. The van der Waals surface area contributed by atoms with Crippen LogP contribution in [0.1, 0.15) is 32.6 Å². The van der Waals surface area contributed by atoms with Crippen molar-refractivity contribution in [2.24, 2.45) is 5.41 Å². The van der Waals surface area contributed by atoms with Crippen molar-refractivity contribution >= 4 is 5.97 Å². The molecular weight excluding hydrogens is 216 g/mol. The quantitative estimate of drug-likeness (QED) is 0.789. The van der Waals surface area contributed by atoms with E-state index >= 15 is 0 Å². The summed E-state index contributed by atoms with van der Waals surface area (Å²) in [5, 5.41) is 9.20. The number of nitrogens with zero attached hydrogens (tertiary/aromatic N) is 2. The predicted molar refractivity (Wildman–Crippen MR) is 67.1 cm³/mol. The van der Waals surface area contributed by atoms with Crippen molar-refractivity contribution in [1.82, 2.24) is 9.80 Å². The predicted octanol–water partition coefficient (Wildman–Crippen LogP) is 1.27. The highest BCUT2D eigenvalue weighted by Gasteiger charge is 2.38. The lowest BCUT2D eigenvalue weighted by Gasteiger charge is -2.43. The number of piperidine rings is 2. The maximum Gasteiger partial charge on any atom is 0.309 e. The van der Waals surface area contributed by atoms with Gasteiger partial charge in [0.25, 0.3) is 0 Å². The summed E-state index contributed by atoms with van der Waals surface area (Å²) in [6.07, 6.45) is 4.07. The molecule has 2 aliphatic heterocycles. The molecule has 0 aromatic carbocycles. The number of likely N-dealkylation sites (tertiary alicyclic amines) is 2. The zero-order valence-electron chi connectivity index (χ0n) is 11.0. The molecular formula is C13H24N2O2. The van der Waals surface area contributed by atoms with Gasteiger partial charge in [0.05, 0.1) is 5.41 Å². The fourth-order valence-corrected chi connectivity index (χ4v) is 2.96. The Morgan fingerprint density at radius 3 is 2.18 bits per heavy atom. The molecule has 0 aliphatic carbocycles. The first-order valence-electron chi connectivity index (χ1n) is 6.67. The Bertz CT molecular complexity index is 277. The van der Waals surface area contributed by atoms with Crippen molar-refractivity contribution in [2.75, 3.05) is 33.2 Å². The van der Waals surface area contributed by atoms with Crippen molar-refractivity contribution < 1.29 is 9.90 Å². The van der Waals surface area contributed by atoms with E-state index in [0.29, 0.717) is 6.04 Å². The fraction of sp³-hybridized carbons (Fsp3) is 0.923. The van der Waals surface area contributed by atoms with E-state index in [0.717, 1.165) is 25.9 Å². The largest absolute Gasteiger partial charge is 0.481 e. The zero-order chi connectivity index (χ0) is 12.5. The van der Waals surface area contributed by atoms with E-state index in [9.17, 15) is 9.90 Å². The van der Waals surface area contributed by atoms with Gasteiger partial charge in [-0.3, -0.25) is 4.79 Å². The van der Waals surface area contributed by atoms with Gasteiger partial charge in [-0.1, -0.05) is 0 Å². The van der Waals surface area contributed by atoms with E-state index < -0.39 is 11.4 Å². The van der Waals surface area contributed by atoms with Gasteiger partial charge in [-0.25, -0.2) is 0 Å². The third kappa shape index (κ3) is 2.80. The van der Waals surface area contributed by atoms with Crippen LogP contribution in [0.5, 0.6) is 0 Å². The summed E-state index contributed by atoms with van der Waals surface area (Å²) in [6.45, 7) is 6.16. The lowest BCUT2D eigenvalue weighted by Crippen LogP contribution is -2.50. The Morgan fingerprint density at radius 2 is 1.71 bits per heavy atom. The summed E-state index contributed by atoms with van der Waals surface area (Å²) in [7, 11) is 2.17. The van der Waals surface area contributed by atoms with Gasteiger partial charge in [0.1, 0.15) is 0 Å². The van der Waals surface area contributed by atoms with E-state index in [1.165, 1.54) is 25.9 Å². The van der Waals surface area contributed by atoms with Crippen molar-refractivity contribution in [3.8, 4) is 0 Å². The molecule has 2 saturated heterocycles. The second-order valence-corrected chi connectivity index (χ2v) is 5.94. The summed E-state index contributed by atoms with van der Waals surface area (Å²) in [6, 6.07) is 0.685. The number of carboxylic acid groups (broad SMARTS) is 1. The Labute approximate surface area is 104 Å². The highest BCUT2D eigenvalue weighted by atomic mass is 16.4. The fourth-order valence-electron chi connectivity index (χ4n) is 2.96. The number of carboxylic acids is 1. The smallest absolute Gasteiger partial charge is 0.309 e. The van der Waals surface area contributed by atoms with Crippen molar-refractivity contribution in [1.29, 1.82) is 0 Å². The van der Waals surface area contributed by atoms with Gasteiger partial charge >= 0.3 is 5.97 Å². The van der Waals surface area contributed by atoms with Crippen LogP contribution in [-0.2, 0) is 4.79 Å². The van der Waals surface area contributed by atoms with Gasteiger partial charge in [0, 0.05) is 6.04 Å². The molecule has 1 N–H and O–H groups in total. The van der Waals surface area contributed by atoms with E-state index in [-0.39, 0.29) is 0 Å². The van der Waals surface area contributed by atoms with Crippen LogP contribution < -0.4 is 0 Å². The van der Waals surface area contributed by atoms with E-state index in [4.69, 9.17) is 0 Å². The Morgan fingerprint density at radius 1 is 1.18 bits per heavy atom. The van der Waals surface area contributed by atoms with Crippen LogP contribution in [0, 0.1) is 5.41 Å². The Kier molecular flexibility index (Phi) is 3.73. The number of hydrogen-bond donors (Lipinski definition) is 1. The van der Waals surface area contributed by atoms with Crippen LogP contribution in [0.4, 0.5) is 0 Å². The second-order valence-electron chi connectivity index (χ2n) is 5.94. The maximum atomic E-state index is 11.2. The number of aliphatic carboxylic acids is 1. The monoisotopic (exact) mass is 240 g/mol. The molecule has 0 spiro atoms. The standard InChI is InChI=1S/C13H24N2O2/c1-13(12(16)17)5-9-15(10-6-13)11-3-7-14(2)8-4-11/h11H,3-10H2,1-2H3,(H,16,17). The van der Waals surface area contributed by atoms with Crippen molar-refractivity contribution in [2.45, 2.75) is 38.6 Å². The van der Waals surface area contributed by atoms with Gasteiger partial charge in [-0.15, -0.1) is 0 Å². The summed E-state index contributed by atoms with van der Waals surface area (Å²) in [5.41, 5.74) is -0.484. The maximum absolute atomic E-state index is 11.2. The summed E-state index contributed by atoms with van der Waals surface area (Å²) < 4.78 is 0. The third-order valence-corrected chi connectivity index (χ3v) is 4.62. The van der Waals surface area contributed by atoms with Gasteiger partial charge in [0.15, 0.2) is 0 Å². The average molecular weight is 240 g/mol. The van der Waals surface area contributed by atoms with Crippen molar-refractivity contribution in [3.63, 3.8) is 0 Å². The molecule has 17 heavy (non-hydrogen) atoms. The van der Waals surface area contributed by atoms with E-state index in [1.807, 2.05) is 6.92 Å². The van der Waals surface area contributed by atoms with Crippen molar-refractivity contribution in [3.05, 3.63) is 0 Å². The minimum Gasteiger partial charge on any atom is -0.481 e. The molecule has 0 saturated carbocycles. The molecule has 4 heteroatoms. The molecule has 0 unspecified atom stereocenters. The highest BCUT2D eigenvalue weighted by Crippen LogP contribution is 2.33. The van der Waals surface area contributed by atoms with Crippen LogP contribution >= 0.6 is 0 Å². The topological polar surface area (TPSA) is 43.8 Å². The molecule has 98 valence electrons. The summed E-state index contributed by atoms with van der Waals surface area (Å²) >= 11 is 0. The first-order chi connectivity index (χ1) is 8.01. The van der Waals surface area contributed by atoms with Crippen LogP contribution in [0.15, 0.2) is 0 Å². The summed E-state index contributed by atoms with van der Waals surface area (Å²) in [5.74, 6) is -0.625. The molecule has 4 nitrogen and oxygen atoms in total. The van der Waals surface area contributed by atoms with E-state index in [2.05, 4.69) is 16.8 Å². The van der Waals surface area contributed by atoms with Gasteiger partial charge < -0.3 is 14.9 Å². The minimum atomic E-state index is -0.625. The van der Waals surface area contributed by atoms with Gasteiger partial charge in [0.2, 0.25) is 0 Å². The molecule has 0 bridgehead atoms. The van der Waals surface area contributed by atoms with Crippen LogP contribution in [-0.4, -0.2) is 60.1 Å². The Balaban J connectivity index is 1.85. The van der Waals surface area contributed by atoms with Crippen LogP contribution in [0.3, 0.4) is 0 Å². The first-order valence-corrected chi connectivity index (χ1v) is 6.67. The molecule has 2 heterocycles. The van der Waals surface area contributed by atoms with E-state index in [1.54, 1.807) is 0 Å². The van der Waals surface area contributed by atoms with Crippen LogP contribution in [0.2, 0.25) is 0 Å². The molecule has 0 aromatic rings. The van der Waals surface area contributed by atoms with Gasteiger partial charge in [-0.2, -0.15) is 0 Å². The zero-order valence-corrected chi connectivity index (χ0v) is 11.0. The minimum absolute atomic E-state index is 0.484. The second kappa shape index (κ2) is 4.94. The number of hydrogen-bond acceptors (Lipinski definition) is 3. The SMILES string of the molecule is CN1CCC(N2CCC(C)(C(=O)O)CC2)CC1. The molecule has 0 amide bonds. The lowest BCUT2D eigenvalue weighted by molar-refractivity contribution is -0.151. The average Bonchev–Trinajstić information content (AvgIpc) is 2.31. The number of carbonyl (C=O) groups is 1. The molecule has 2 fully saturated rings. The third-order valence-electron chi connectivity index (χ3n) is 4.62. The number of rotatable bonds is 2. The molecule has 0 atom stereocenters. The van der Waals surface area contributed by atoms with Gasteiger partial charge in [-0.05, 0) is 65.8 Å². The Hall–Kier alpha value is -0.610.